The van der Waals surface area contributed by atoms with E-state index < -0.39 is 5.97 Å². The van der Waals surface area contributed by atoms with Crippen molar-refractivity contribution < 1.29 is 19.1 Å². The summed E-state index contributed by atoms with van der Waals surface area (Å²) >= 11 is 0. The molecule has 0 saturated carbocycles. The zero-order chi connectivity index (χ0) is 14.5. The first kappa shape index (κ1) is 13.7. The second kappa shape index (κ2) is 5.93. The van der Waals surface area contributed by atoms with Crippen molar-refractivity contribution in [2.45, 2.75) is 0 Å². The Morgan fingerprint density at radius 1 is 0.850 bits per heavy atom. The molecule has 0 aromatic heterocycles. The van der Waals surface area contributed by atoms with Crippen LogP contribution in [0, 0.1) is 5.82 Å². The molecular weight excluding hydrogens is 259 g/mol. The molecule has 0 unspecified atom stereocenters. The molecule has 0 radical (unpaired) electrons. The van der Waals surface area contributed by atoms with Gasteiger partial charge in [-0.2, -0.15) is 0 Å². The van der Waals surface area contributed by atoms with Gasteiger partial charge in [-0.3, -0.25) is 4.79 Å². The van der Waals surface area contributed by atoms with Gasteiger partial charge in [0.25, 0.3) is 0 Å². The molecule has 0 fully saturated rings. The molecule has 0 heterocycles. The molecule has 2 aromatic rings. The minimum Gasteiger partial charge on any atom is -0.478 e. The van der Waals surface area contributed by atoms with E-state index in [-0.39, 0.29) is 11.6 Å². The lowest BCUT2D eigenvalue weighted by molar-refractivity contribution is -0.131. The third-order valence-corrected chi connectivity index (χ3v) is 2.72. The van der Waals surface area contributed by atoms with E-state index in [0.717, 1.165) is 23.3 Å². The van der Waals surface area contributed by atoms with Crippen LogP contribution in [-0.2, 0) is 4.79 Å². The highest BCUT2D eigenvalue weighted by molar-refractivity contribution is 6.07. The van der Waals surface area contributed by atoms with Crippen molar-refractivity contribution in [3.05, 3.63) is 72.1 Å². The average Bonchev–Trinajstić information content (AvgIpc) is 2.46. The molecule has 1 N–H and O–H groups in total. The molecule has 0 amide bonds. The van der Waals surface area contributed by atoms with Gasteiger partial charge in [0.05, 0.1) is 0 Å². The summed E-state index contributed by atoms with van der Waals surface area (Å²) in [6, 6.07) is 12.7. The van der Waals surface area contributed by atoms with Gasteiger partial charge in [0.1, 0.15) is 5.82 Å². The lowest BCUT2D eigenvalue weighted by atomic mass is 10.0. The Balaban J connectivity index is 2.20. The van der Waals surface area contributed by atoms with E-state index in [1.807, 2.05) is 0 Å². The normalized spacial score (nSPS) is 10.7. The topological polar surface area (TPSA) is 54.4 Å². The van der Waals surface area contributed by atoms with E-state index in [4.69, 9.17) is 5.11 Å². The van der Waals surface area contributed by atoms with Crippen LogP contribution in [0.15, 0.2) is 60.7 Å². The largest absolute Gasteiger partial charge is 0.478 e. The molecule has 0 aliphatic rings. The maximum atomic E-state index is 12.8. The van der Waals surface area contributed by atoms with Crippen LogP contribution in [0.1, 0.15) is 10.4 Å². The number of hydrogen-bond acceptors (Lipinski definition) is 2. The molecule has 0 atom stereocenters. The lowest BCUT2D eigenvalue weighted by Gasteiger charge is -2.02. The number of carboxylic acids is 1. The highest BCUT2D eigenvalue weighted by Gasteiger charge is 2.04. The number of carbonyl (C=O) groups is 2. The molecule has 0 bridgehead atoms. The summed E-state index contributed by atoms with van der Waals surface area (Å²) in [5.74, 6) is -1.85. The number of carbonyl (C=O) groups excluding carboxylic acids is 1. The van der Waals surface area contributed by atoms with E-state index >= 15 is 0 Å². The van der Waals surface area contributed by atoms with Gasteiger partial charge in [0.2, 0.25) is 0 Å². The third-order valence-electron chi connectivity index (χ3n) is 2.72. The summed E-state index contributed by atoms with van der Waals surface area (Å²) in [5.41, 5.74) is 2.09. The fourth-order valence-corrected chi connectivity index (χ4v) is 1.71. The molecule has 2 rings (SSSR count). The third kappa shape index (κ3) is 3.38. The molecular formula is C16H11FO3. The second-order valence-corrected chi connectivity index (χ2v) is 4.12. The molecule has 4 heteroatoms. The van der Waals surface area contributed by atoms with Crippen LogP contribution in [0.2, 0.25) is 0 Å². The van der Waals surface area contributed by atoms with Crippen molar-refractivity contribution >= 4 is 11.8 Å². The van der Waals surface area contributed by atoms with Crippen LogP contribution in [-0.4, -0.2) is 16.9 Å². The zero-order valence-electron chi connectivity index (χ0n) is 10.4. The summed E-state index contributed by atoms with van der Waals surface area (Å²) in [6.07, 6.45) is 1.81. The second-order valence-electron chi connectivity index (χ2n) is 4.12. The van der Waals surface area contributed by atoms with E-state index in [2.05, 4.69) is 0 Å². The Morgan fingerprint density at radius 2 is 1.35 bits per heavy atom. The highest BCUT2D eigenvalue weighted by Crippen LogP contribution is 2.20. The van der Waals surface area contributed by atoms with Crippen molar-refractivity contribution in [2.75, 3.05) is 0 Å². The van der Waals surface area contributed by atoms with Crippen LogP contribution in [0.25, 0.3) is 11.1 Å². The van der Waals surface area contributed by atoms with Gasteiger partial charge in [-0.15, -0.1) is 0 Å². The van der Waals surface area contributed by atoms with Crippen LogP contribution < -0.4 is 0 Å². The van der Waals surface area contributed by atoms with Crippen LogP contribution >= 0.6 is 0 Å². The lowest BCUT2D eigenvalue weighted by Crippen LogP contribution is -1.96. The number of ketones is 1. The number of rotatable bonds is 4. The Morgan fingerprint density at radius 3 is 1.85 bits per heavy atom. The summed E-state index contributed by atoms with van der Waals surface area (Å²) in [5, 5.41) is 8.45. The monoisotopic (exact) mass is 270 g/mol. The predicted molar refractivity (Wildman–Crippen MR) is 72.9 cm³/mol. The van der Waals surface area contributed by atoms with Crippen LogP contribution in [0.4, 0.5) is 4.39 Å². The zero-order valence-corrected chi connectivity index (χ0v) is 10.4. The van der Waals surface area contributed by atoms with E-state index in [0.29, 0.717) is 5.56 Å². The first-order valence-electron chi connectivity index (χ1n) is 5.87. The van der Waals surface area contributed by atoms with Gasteiger partial charge in [-0.25, -0.2) is 9.18 Å². The summed E-state index contributed by atoms with van der Waals surface area (Å²) in [7, 11) is 0. The first-order valence-corrected chi connectivity index (χ1v) is 5.87. The van der Waals surface area contributed by atoms with Crippen molar-refractivity contribution in [3.63, 3.8) is 0 Å². The first-order chi connectivity index (χ1) is 9.56. The number of allylic oxidation sites excluding steroid dienone is 1. The van der Waals surface area contributed by atoms with Crippen LogP contribution in [0.3, 0.4) is 0 Å². The Kier molecular flexibility index (Phi) is 4.05. The van der Waals surface area contributed by atoms with Gasteiger partial charge in [-0.05, 0) is 29.3 Å². The minimum absolute atomic E-state index is 0.306. The number of aliphatic carboxylic acids is 1. The Labute approximate surface area is 115 Å². The van der Waals surface area contributed by atoms with Gasteiger partial charge < -0.3 is 5.11 Å². The maximum Gasteiger partial charge on any atom is 0.328 e. The fraction of sp³-hybridized carbons (Fsp3) is 0. The number of halogens is 1. The standard InChI is InChI=1S/C16H11FO3/c17-14-7-5-12(6-8-14)11-1-3-13(4-2-11)15(18)9-10-16(19)20/h1-10H,(H,19,20)/b10-9+. The Hall–Kier alpha value is -2.75. The van der Waals surface area contributed by atoms with Crippen molar-refractivity contribution in [2.24, 2.45) is 0 Å². The molecule has 100 valence electrons. The van der Waals surface area contributed by atoms with Crippen molar-refractivity contribution in [1.29, 1.82) is 0 Å². The highest BCUT2D eigenvalue weighted by atomic mass is 19.1. The SMILES string of the molecule is O=C(O)/C=C/C(=O)c1ccc(-c2ccc(F)cc2)cc1. The molecule has 0 aliphatic heterocycles. The van der Waals surface area contributed by atoms with Crippen molar-refractivity contribution in [3.8, 4) is 11.1 Å². The minimum atomic E-state index is -1.17. The summed E-state index contributed by atoms with van der Waals surface area (Å²) < 4.78 is 12.8. The van der Waals surface area contributed by atoms with E-state index in [1.54, 1.807) is 36.4 Å². The van der Waals surface area contributed by atoms with Crippen LogP contribution in [0.5, 0.6) is 0 Å². The molecule has 0 aliphatic carbocycles. The Bertz CT molecular complexity index is 655. The number of benzene rings is 2. The van der Waals surface area contributed by atoms with Crippen molar-refractivity contribution in [1.82, 2.24) is 0 Å². The fourth-order valence-electron chi connectivity index (χ4n) is 1.71. The number of carboxylic acid groups (broad SMARTS) is 1. The number of hydrogen-bond donors (Lipinski definition) is 1. The van der Waals surface area contributed by atoms with Gasteiger partial charge >= 0.3 is 5.97 Å². The molecule has 20 heavy (non-hydrogen) atoms. The average molecular weight is 270 g/mol. The quantitative estimate of drug-likeness (QED) is 0.685. The molecule has 0 saturated heterocycles. The van der Waals surface area contributed by atoms with E-state index in [1.165, 1.54) is 12.1 Å². The molecule has 0 spiro atoms. The van der Waals surface area contributed by atoms with Gasteiger partial charge in [-0.1, -0.05) is 36.4 Å². The molecule has 3 nitrogen and oxygen atoms in total. The van der Waals surface area contributed by atoms with E-state index in [9.17, 15) is 14.0 Å². The summed E-state index contributed by atoms with van der Waals surface area (Å²) in [4.78, 5) is 22.0. The molecule has 2 aromatic carbocycles. The smallest absolute Gasteiger partial charge is 0.328 e. The van der Waals surface area contributed by atoms with Gasteiger partial charge in [0.15, 0.2) is 5.78 Å². The maximum absolute atomic E-state index is 12.8. The summed E-state index contributed by atoms with van der Waals surface area (Å²) in [6.45, 7) is 0. The predicted octanol–water partition coefficient (Wildman–Crippen LogP) is 3.32. The van der Waals surface area contributed by atoms with Gasteiger partial charge in [0, 0.05) is 11.6 Å².